The number of carbonyl (C=O) groups excluding carboxylic acids is 4. The van der Waals surface area contributed by atoms with Crippen LogP contribution in [0.3, 0.4) is 0 Å². The van der Waals surface area contributed by atoms with E-state index in [0.717, 1.165) is 10.5 Å². The molecular weight excluding hydrogens is 440 g/mol. The smallest absolute Gasteiger partial charge is 0.408 e. The van der Waals surface area contributed by atoms with E-state index in [1.54, 1.807) is 59.7 Å². The molecule has 0 radical (unpaired) electrons. The highest BCUT2D eigenvalue weighted by molar-refractivity contribution is 5.94. The molecular formula is C24H38N4O6. The molecule has 0 heterocycles. The minimum Gasteiger partial charge on any atom is -0.444 e. The molecule has 0 aliphatic heterocycles. The van der Waals surface area contributed by atoms with Crippen molar-refractivity contribution in [2.45, 2.75) is 78.1 Å². The number of nitrogens with zero attached hydrogens (tertiary/aromatic N) is 1. The molecule has 0 saturated carbocycles. The van der Waals surface area contributed by atoms with Gasteiger partial charge in [-0.05, 0) is 54.0 Å². The molecule has 1 rings (SSSR count). The number of hydrogen-bond donors (Lipinski definition) is 4. The van der Waals surface area contributed by atoms with Crippen LogP contribution in [0.15, 0.2) is 24.3 Å². The van der Waals surface area contributed by atoms with Crippen LogP contribution >= 0.6 is 0 Å². The van der Waals surface area contributed by atoms with Gasteiger partial charge in [0.1, 0.15) is 17.7 Å². The van der Waals surface area contributed by atoms with Gasteiger partial charge in [0.05, 0.1) is 13.0 Å². The van der Waals surface area contributed by atoms with E-state index >= 15 is 0 Å². The van der Waals surface area contributed by atoms with Gasteiger partial charge in [0.15, 0.2) is 0 Å². The van der Waals surface area contributed by atoms with E-state index < -0.39 is 60.1 Å². The monoisotopic (exact) mass is 478 g/mol. The van der Waals surface area contributed by atoms with E-state index in [-0.39, 0.29) is 6.54 Å². The van der Waals surface area contributed by atoms with Gasteiger partial charge in [-0.1, -0.05) is 29.8 Å². The summed E-state index contributed by atoms with van der Waals surface area (Å²) in [5, 5.41) is 15.0. The summed E-state index contributed by atoms with van der Waals surface area (Å²) in [6.45, 7) is 11.5. The van der Waals surface area contributed by atoms with Crippen LogP contribution in [0.2, 0.25) is 0 Å². The Labute approximate surface area is 201 Å². The third kappa shape index (κ3) is 9.78. The van der Waals surface area contributed by atoms with Crippen molar-refractivity contribution in [1.82, 2.24) is 15.5 Å². The lowest BCUT2D eigenvalue weighted by molar-refractivity contribution is -0.144. The summed E-state index contributed by atoms with van der Waals surface area (Å²) in [6.07, 6.45) is -1.43. The second-order valence-corrected chi connectivity index (χ2v) is 10.2. The van der Waals surface area contributed by atoms with Crippen molar-refractivity contribution in [1.29, 1.82) is 0 Å². The Morgan fingerprint density at radius 1 is 1.12 bits per heavy atom. The molecule has 4 amide bonds. The number of hydrogen-bond acceptors (Lipinski definition) is 6. The Morgan fingerprint density at radius 2 is 1.74 bits per heavy atom. The van der Waals surface area contributed by atoms with Crippen LogP contribution in [-0.2, 0) is 19.1 Å². The third-order valence-corrected chi connectivity index (χ3v) is 4.43. The molecule has 5 N–H and O–H groups in total. The zero-order valence-electron chi connectivity index (χ0n) is 21.1. The number of rotatable bonds is 9. The number of benzene rings is 1. The molecule has 0 saturated heterocycles. The van der Waals surface area contributed by atoms with Crippen LogP contribution in [-0.4, -0.2) is 64.2 Å². The number of primary amides is 1. The molecule has 2 unspecified atom stereocenters. The summed E-state index contributed by atoms with van der Waals surface area (Å²) in [5.41, 5.74) is 5.26. The van der Waals surface area contributed by atoms with E-state index in [4.69, 9.17) is 10.5 Å². The van der Waals surface area contributed by atoms with Crippen LogP contribution in [0.4, 0.5) is 4.79 Å². The average molecular weight is 479 g/mol. The van der Waals surface area contributed by atoms with E-state index in [1.807, 2.05) is 13.0 Å². The van der Waals surface area contributed by atoms with E-state index in [0.29, 0.717) is 5.56 Å². The van der Waals surface area contributed by atoms with Gasteiger partial charge >= 0.3 is 6.09 Å². The van der Waals surface area contributed by atoms with Gasteiger partial charge in [-0.25, -0.2) is 4.79 Å². The molecule has 1 aromatic rings. The van der Waals surface area contributed by atoms with Gasteiger partial charge in [0, 0.05) is 12.1 Å². The molecule has 1 aromatic carbocycles. The zero-order valence-corrected chi connectivity index (χ0v) is 21.1. The summed E-state index contributed by atoms with van der Waals surface area (Å²) in [4.78, 5) is 52.1. The number of amides is 4. The summed E-state index contributed by atoms with van der Waals surface area (Å²) in [7, 11) is 0. The standard InChI is InChI=1S/C24H38N4O6/c1-15-9-8-10-16(13-15)19(20(31)27-23(2,3)4)28(11-12-29)21(32)17(14-18(25)30)26-22(33)34-24(5,6)7/h8-10,13,17,19,29H,11-12,14H2,1-7H3,(H2,25,30)(H,26,33)(H,27,31). The van der Waals surface area contributed by atoms with Crippen molar-refractivity contribution in [3.05, 3.63) is 35.4 Å². The lowest BCUT2D eigenvalue weighted by atomic mass is 9.99. The molecule has 0 aliphatic carbocycles. The number of aliphatic hydroxyl groups is 1. The Balaban J connectivity index is 3.46. The number of aliphatic hydroxyl groups excluding tert-OH is 1. The van der Waals surface area contributed by atoms with Gasteiger partial charge in [-0.15, -0.1) is 0 Å². The van der Waals surface area contributed by atoms with Crippen molar-refractivity contribution in [3.63, 3.8) is 0 Å². The fourth-order valence-corrected chi connectivity index (χ4v) is 3.28. The lowest BCUT2D eigenvalue weighted by Crippen LogP contribution is -2.56. The van der Waals surface area contributed by atoms with Gasteiger partial charge in [0.25, 0.3) is 0 Å². The second-order valence-electron chi connectivity index (χ2n) is 10.2. The Morgan fingerprint density at radius 3 is 2.21 bits per heavy atom. The van der Waals surface area contributed by atoms with Crippen molar-refractivity contribution in [2.24, 2.45) is 5.73 Å². The van der Waals surface area contributed by atoms with Crippen molar-refractivity contribution in [2.75, 3.05) is 13.2 Å². The Hall–Kier alpha value is -3.14. The van der Waals surface area contributed by atoms with Gasteiger partial charge in [-0.3, -0.25) is 14.4 Å². The van der Waals surface area contributed by atoms with Crippen molar-refractivity contribution < 1.29 is 29.0 Å². The van der Waals surface area contributed by atoms with Crippen molar-refractivity contribution >= 4 is 23.8 Å². The molecule has 0 fully saturated rings. The van der Waals surface area contributed by atoms with Crippen LogP contribution in [0.5, 0.6) is 0 Å². The highest BCUT2D eigenvalue weighted by atomic mass is 16.6. The Kier molecular flexibility index (Phi) is 10.0. The summed E-state index contributed by atoms with van der Waals surface area (Å²) in [5.74, 6) is -2.06. The normalized spacial score (nSPS) is 13.4. The first kappa shape index (κ1) is 28.9. The highest BCUT2D eigenvalue weighted by Crippen LogP contribution is 2.25. The van der Waals surface area contributed by atoms with Crippen LogP contribution in [0.25, 0.3) is 0 Å². The number of carbonyl (C=O) groups is 4. The molecule has 10 nitrogen and oxygen atoms in total. The number of nitrogens with two attached hydrogens (primary N) is 1. The first-order valence-corrected chi connectivity index (χ1v) is 11.1. The maximum atomic E-state index is 13.6. The van der Waals surface area contributed by atoms with E-state index in [2.05, 4.69) is 10.6 Å². The predicted octanol–water partition coefficient (Wildman–Crippen LogP) is 1.54. The van der Waals surface area contributed by atoms with Crippen LogP contribution < -0.4 is 16.4 Å². The van der Waals surface area contributed by atoms with Gasteiger partial charge in [0.2, 0.25) is 17.7 Å². The molecule has 0 aromatic heterocycles. The first-order valence-electron chi connectivity index (χ1n) is 11.1. The molecule has 34 heavy (non-hydrogen) atoms. The second kappa shape index (κ2) is 11.8. The minimum atomic E-state index is -1.39. The topological polar surface area (TPSA) is 151 Å². The lowest BCUT2D eigenvalue weighted by Gasteiger charge is -2.35. The summed E-state index contributed by atoms with van der Waals surface area (Å²) in [6, 6.07) is 4.53. The minimum absolute atomic E-state index is 0.222. The molecule has 190 valence electrons. The molecule has 0 aliphatic rings. The van der Waals surface area contributed by atoms with Gasteiger partial charge in [-0.2, -0.15) is 0 Å². The first-order chi connectivity index (χ1) is 15.5. The Bertz CT molecular complexity index is 888. The molecule has 0 spiro atoms. The summed E-state index contributed by atoms with van der Waals surface area (Å²) >= 11 is 0. The maximum Gasteiger partial charge on any atom is 0.408 e. The van der Waals surface area contributed by atoms with Crippen LogP contribution in [0.1, 0.15) is 65.1 Å². The third-order valence-electron chi connectivity index (χ3n) is 4.43. The number of ether oxygens (including phenoxy) is 1. The fourth-order valence-electron chi connectivity index (χ4n) is 3.28. The summed E-state index contributed by atoms with van der Waals surface area (Å²) < 4.78 is 5.21. The van der Waals surface area contributed by atoms with Crippen molar-refractivity contribution in [3.8, 4) is 0 Å². The number of alkyl carbamates (subject to hydrolysis) is 1. The quantitative estimate of drug-likeness (QED) is 0.423. The largest absolute Gasteiger partial charge is 0.444 e. The molecule has 0 bridgehead atoms. The van der Waals surface area contributed by atoms with Crippen LogP contribution in [0, 0.1) is 6.92 Å². The maximum absolute atomic E-state index is 13.6. The van der Waals surface area contributed by atoms with Gasteiger partial charge < -0.3 is 31.1 Å². The number of nitrogens with one attached hydrogen (secondary N) is 2. The zero-order chi connectivity index (χ0) is 26.3. The molecule has 10 heteroatoms. The predicted molar refractivity (Wildman–Crippen MR) is 128 cm³/mol. The highest BCUT2D eigenvalue weighted by Gasteiger charge is 2.37. The average Bonchev–Trinajstić information content (AvgIpc) is 2.63. The number of aryl methyl sites for hydroxylation is 1. The SMILES string of the molecule is Cc1cccc(C(C(=O)NC(C)(C)C)N(CCO)C(=O)C(CC(N)=O)NC(=O)OC(C)(C)C)c1. The van der Waals surface area contributed by atoms with E-state index in [9.17, 15) is 24.3 Å². The molecule has 2 atom stereocenters. The van der Waals surface area contributed by atoms with E-state index in [1.165, 1.54) is 0 Å². The fraction of sp³-hybridized carbons (Fsp3) is 0.583.